The zero-order valence-electron chi connectivity index (χ0n) is 18.4. The van der Waals surface area contributed by atoms with Gasteiger partial charge in [-0.05, 0) is 53.4 Å². The topological polar surface area (TPSA) is 118 Å². The van der Waals surface area contributed by atoms with Crippen molar-refractivity contribution in [2.45, 2.75) is 71.1 Å². The first-order valence-corrected chi connectivity index (χ1v) is 12.3. The predicted octanol–water partition coefficient (Wildman–Crippen LogP) is 1.44. The molecular weight excluding hydrogens is 396 g/mol. The predicted molar refractivity (Wildman–Crippen MR) is 115 cm³/mol. The Balaban J connectivity index is 2.33. The van der Waals surface area contributed by atoms with Gasteiger partial charge in [0.15, 0.2) is 5.96 Å². The van der Waals surface area contributed by atoms with Gasteiger partial charge in [0.1, 0.15) is 15.4 Å². The average molecular weight is 435 g/mol. The summed E-state index contributed by atoms with van der Waals surface area (Å²) in [6.45, 7) is 9.32. The van der Waals surface area contributed by atoms with Crippen LogP contribution in [0.2, 0.25) is 0 Å². The summed E-state index contributed by atoms with van der Waals surface area (Å²) in [7, 11) is -3.00. The van der Waals surface area contributed by atoms with E-state index in [1.807, 2.05) is 27.7 Å². The van der Waals surface area contributed by atoms with Gasteiger partial charge in [0.2, 0.25) is 0 Å². The Kier molecular flexibility index (Phi) is 10.7. The maximum absolute atomic E-state index is 11.9. The Morgan fingerprint density at radius 2 is 1.66 bits per heavy atom. The van der Waals surface area contributed by atoms with Crippen LogP contribution in [0, 0.1) is 0 Å². The third-order valence-electron chi connectivity index (χ3n) is 4.24. The Bertz CT molecular complexity index is 623. The lowest BCUT2D eigenvalue weighted by Crippen LogP contribution is -2.48. The van der Waals surface area contributed by atoms with Gasteiger partial charge in [0.05, 0.1) is 25.5 Å². The summed E-state index contributed by atoms with van der Waals surface area (Å²) < 4.78 is 32.8. The number of nitrogens with one attached hydrogen (secondary N) is 3. The van der Waals surface area contributed by atoms with E-state index in [0.717, 1.165) is 38.2 Å². The molecule has 0 aliphatic heterocycles. The molecule has 0 unspecified atom stereocenters. The van der Waals surface area contributed by atoms with Crippen molar-refractivity contribution in [1.29, 1.82) is 0 Å². The third kappa shape index (κ3) is 13.3. The van der Waals surface area contributed by atoms with Crippen molar-refractivity contribution < 1.29 is 22.7 Å². The van der Waals surface area contributed by atoms with Crippen molar-refractivity contribution >= 4 is 21.9 Å². The lowest BCUT2D eigenvalue weighted by molar-refractivity contribution is 0.0490. The fourth-order valence-corrected chi connectivity index (χ4v) is 3.32. The van der Waals surface area contributed by atoms with E-state index in [2.05, 4.69) is 20.9 Å². The minimum Gasteiger partial charge on any atom is -0.444 e. The molecule has 3 N–H and O–H groups in total. The first kappa shape index (κ1) is 25.5. The minimum atomic E-state index is -3.00. The average Bonchev–Trinajstić information content (AvgIpc) is 2.57. The molecule has 10 heteroatoms. The molecule has 0 heterocycles. The highest BCUT2D eigenvalue weighted by molar-refractivity contribution is 7.90. The summed E-state index contributed by atoms with van der Waals surface area (Å²) >= 11 is 0. The second kappa shape index (κ2) is 12.2. The van der Waals surface area contributed by atoms with Crippen molar-refractivity contribution in [3.05, 3.63) is 0 Å². The second-order valence-corrected chi connectivity index (χ2v) is 10.6. The minimum absolute atomic E-state index is 0.0234. The number of aliphatic imine (C=N–C) groups is 1. The van der Waals surface area contributed by atoms with Crippen LogP contribution in [0.3, 0.4) is 0 Å². The smallest absolute Gasteiger partial charge is 0.407 e. The van der Waals surface area contributed by atoms with Gasteiger partial charge >= 0.3 is 6.09 Å². The molecule has 29 heavy (non-hydrogen) atoms. The van der Waals surface area contributed by atoms with E-state index in [1.165, 1.54) is 6.26 Å². The highest BCUT2D eigenvalue weighted by Gasteiger charge is 2.25. The molecule has 0 aromatic rings. The van der Waals surface area contributed by atoms with Crippen molar-refractivity contribution in [2.24, 2.45) is 4.99 Å². The fourth-order valence-electron chi connectivity index (χ4n) is 2.90. The summed E-state index contributed by atoms with van der Waals surface area (Å²) in [4.78, 5) is 16.4. The number of guanidine groups is 1. The fraction of sp³-hybridized carbons (Fsp3) is 0.895. The van der Waals surface area contributed by atoms with Crippen LogP contribution in [0.5, 0.6) is 0 Å². The maximum atomic E-state index is 11.9. The SMILES string of the molecule is CCNC(=NCCOCCS(C)(=O)=O)NC1CCC(NC(=O)OC(C)(C)C)CC1. The van der Waals surface area contributed by atoms with Gasteiger partial charge < -0.3 is 25.4 Å². The lowest BCUT2D eigenvalue weighted by atomic mass is 9.91. The number of carbonyl (C=O) groups is 1. The Morgan fingerprint density at radius 1 is 1.07 bits per heavy atom. The number of alkyl carbamates (subject to hydrolysis) is 1. The molecule has 0 atom stereocenters. The summed E-state index contributed by atoms with van der Waals surface area (Å²) in [5, 5.41) is 9.58. The van der Waals surface area contributed by atoms with E-state index in [1.54, 1.807) is 0 Å². The zero-order valence-corrected chi connectivity index (χ0v) is 19.2. The largest absolute Gasteiger partial charge is 0.444 e. The molecule has 0 saturated heterocycles. The van der Waals surface area contributed by atoms with Crippen LogP contribution < -0.4 is 16.0 Å². The first-order chi connectivity index (χ1) is 13.5. The highest BCUT2D eigenvalue weighted by Crippen LogP contribution is 2.19. The van der Waals surface area contributed by atoms with E-state index >= 15 is 0 Å². The first-order valence-electron chi connectivity index (χ1n) is 10.3. The lowest BCUT2D eigenvalue weighted by Gasteiger charge is -2.31. The van der Waals surface area contributed by atoms with Gasteiger partial charge in [-0.2, -0.15) is 0 Å². The number of nitrogens with zero attached hydrogens (tertiary/aromatic N) is 1. The summed E-state index contributed by atoms with van der Waals surface area (Å²) in [5.41, 5.74) is -0.492. The number of amides is 1. The van der Waals surface area contributed by atoms with Crippen LogP contribution in [0.25, 0.3) is 0 Å². The van der Waals surface area contributed by atoms with E-state index in [4.69, 9.17) is 9.47 Å². The van der Waals surface area contributed by atoms with Crippen LogP contribution >= 0.6 is 0 Å². The molecule has 0 aromatic heterocycles. The standard InChI is InChI=1S/C19H38N4O5S/c1-6-20-17(21-11-12-27-13-14-29(5,25)26)22-15-7-9-16(10-8-15)23-18(24)28-19(2,3)4/h15-16H,6-14H2,1-5H3,(H,23,24)(H2,20,21,22). The molecular formula is C19H38N4O5S. The van der Waals surface area contributed by atoms with E-state index < -0.39 is 15.4 Å². The normalized spacial score (nSPS) is 20.8. The molecule has 1 amide bonds. The Labute approximate surface area is 175 Å². The van der Waals surface area contributed by atoms with Crippen LogP contribution in [-0.4, -0.2) is 76.5 Å². The summed E-state index contributed by atoms with van der Waals surface area (Å²) in [6, 6.07) is 0.418. The van der Waals surface area contributed by atoms with E-state index in [9.17, 15) is 13.2 Å². The van der Waals surface area contributed by atoms with Gasteiger partial charge in [-0.25, -0.2) is 13.2 Å². The number of ether oxygens (including phenoxy) is 2. The molecule has 1 aliphatic carbocycles. The highest BCUT2D eigenvalue weighted by atomic mass is 32.2. The molecule has 1 saturated carbocycles. The van der Waals surface area contributed by atoms with Gasteiger partial charge in [0, 0.05) is 24.9 Å². The van der Waals surface area contributed by atoms with Crippen LogP contribution in [0.4, 0.5) is 4.79 Å². The van der Waals surface area contributed by atoms with Crippen molar-refractivity contribution in [2.75, 3.05) is 38.3 Å². The van der Waals surface area contributed by atoms with Crippen molar-refractivity contribution in [3.8, 4) is 0 Å². The Hall–Kier alpha value is -1.55. The molecule has 0 spiro atoms. The van der Waals surface area contributed by atoms with Gasteiger partial charge in [-0.1, -0.05) is 0 Å². The molecule has 0 bridgehead atoms. The molecule has 1 fully saturated rings. The number of rotatable bonds is 9. The molecule has 0 radical (unpaired) electrons. The number of hydrogen-bond donors (Lipinski definition) is 3. The monoisotopic (exact) mass is 434 g/mol. The molecule has 1 aliphatic rings. The third-order valence-corrected chi connectivity index (χ3v) is 5.15. The zero-order chi connectivity index (χ0) is 21.9. The molecule has 0 aromatic carbocycles. The second-order valence-electron chi connectivity index (χ2n) is 8.34. The maximum Gasteiger partial charge on any atom is 0.407 e. The van der Waals surface area contributed by atoms with Crippen molar-refractivity contribution in [3.63, 3.8) is 0 Å². The van der Waals surface area contributed by atoms with Gasteiger partial charge in [-0.15, -0.1) is 0 Å². The summed E-state index contributed by atoms with van der Waals surface area (Å²) in [6.07, 6.45) is 4.44. The van der Waals surface area contributed by atoms with Crippen LogP contribution in [0.1, 0.15) is 53.4 Å². The molecule has 9 nitrogen and oxygen atoms in total. The number of carbonyl (C=O) groups excluding carboxylic acids is 1. The van der Waals surface area contributed by atoms with Crippen molar-refractivity contribution in [1.82, 2.24) is 16.0 Å². The van der Waals surface area contributed by atoms with Crippen LogP contribution in [-0.2, 0) is 19.3 Å². The number of hydrogen-bond acceptors (Lipinski definition) is 6. The van der Waals surface area contributed by atoms with Crippen LogP contribution in [0.15, 0.2) is 4.99 Å². The molecule has 1 rings (SSSR count). The molecule has 170 valence electrons. The van der Waals surface area contributed by atoms with E-state index in [0.29, 0.717) is 13.2 Å². The van der Waals surface area contributed by atoms with E-state index in [-0.39, 0.29) is 30.5 Å². The summed E-state index contributed by atoms with van der Waals surface area (Å²) in [5.74, 6) is 0.748. The quantitative estimate of drug-likeness (QED) is 0.285. The van der Waals surface area contributed by atoms with Gasteiger partial charge in [0.25, 0.3) is 0 Å². The van der Waals surface area contributed by atoms with Gasteiger partial charge in [-0.3, -0.25) is 4.99 Å². The number of sulfone groups is 1. The Morgan fingerprint density at radius 3 is 2.17 bits per heavy atom.